The first-order valence-electron chi connectivity index (χ1n) is 4.86. The molecule has 0 spiro atoms. The highest BCUT2D eigenvalue weighted by atomic mass is 19.1. The van der Waals surface area contributed by atoms with Crippen LogP contribution in [0.2, 0.25) is 0 Å². The van der Waals surface area contributed by atoms with Crippen LogP contribution in [-0.2, 0) is 0 Å². The summed E-state index contributed by atoms with van der Waals surface area (Å²) in [6, 6.07) is 7.60. The third-order valence-electron chi connectivity index (χ3n) is 2.66. The molecule has 0 amide bonds. The Kier molecular flexibility index (Phi) is 2.10. The van der Waals surface area contributed by atoms with Crippen molar-refractivity contribution in [3.63, 3.8) is 0 Å². The van der Waals surface area contributed by atoms with Crippen LogP contribution in [0.25, 0.3) is 0 Å². The molecular formula is C11H15FN2. The largest absolute Gasteiger partial charge is 0.399 e. The van der Waals surface area contributed by atoms with Crippen LogP contribution in [0, 0.1) is 0 Å². The Morgan fingerprint density at radius 2 is 2.29 bits per heavy atom. The molecule has 0 radical (unpaired) electrons. The van der Waals surface area contributed by atoms with E-state index in [0.717, 1.165) is 17.9 Å². The van der Waals surface area contributed by atoms with Crippen LogP contribution >= 0.6 is 0 Å². The minimum Gasteiger partial charge on any atom is -0.399 e. The van der Waals surface area contributed by atoms with Gasteiger partial charge in [-0.15, -0.1) is 0 Å². The summed E-state index contributed by atoms with van der Waals surface area (Å²) in [5.41, 5.74) is 6.37. The summed E-state index contributed by atoms with van der Waals surface area (Å²) in [4.78, 5) is 2.04. The Balaban J connectivity index is 2.17. The van der Waals surface area contributed by atoms with Crippen LogP contribution in [-0.4, -0.2) is 18.8 Å². The average Bonchev–Trinajstić information content (AvgIpc) is 2.46. The van der Waals surface area contributed by atoms with E-state index in [1.165, 1.54) is 0 Å². The number of rotatable bonds is 1. The first kappa shape index (κ1) is 9.31. The Morgan fingerprint density at radius 3 is 2.86 bits per heavy atom. The Labute approximate surface area is 83.5 Å². The first-order valence-corrected chi connectivity index (χ1v) is 4.86. The van der Waals surface area contributed by atoms with Gasteiger partial charge in [-0.25, -0.2) is 4.39 Å². The number of benzene rings is 1. The quantitative estimate of drug-likeness (QED) is 0.694. The van der Waals surface area contributed by atoms with E-state index < -0.39 is 5.67 Å². The molecule has 3 heteroatoms. The summed E-state index contributed by atoms with van der Waals surface area (Å²) in [6.07, 6.45) is 0.599. The number of nitrogen functional groups attached to an aromatic ring is 1. The van der Waals surface area contributed by atoms with E-state index in [0.29, 0.717) is 13.0 Å². The molecule has 14 heavy (non-hydrogen) atoms. The van der Waals surface area contributed by atoms with Crippen molar-refractivity contribution in [3.05, 3.63) is 24.3 Å². The lowest BCUT2D eigenvalue weighted by Gasteiger charge is -2.19. The van der Waals surface area contributed by atoms with Gasteiger partial charge in [0.2, 0.25) is 0 Å². The van der Waals surface area contributed by atoms with Gasteiger partial charge in [-0.3, -0.25) is 0 Å². The molecule has 2 N–H and O–H groups in total. The predicted molar refractivity (Wildman–Crippen MR) is 57.2 cm³/mol. The maximum atomic E-state index is 13.6. The van der Waals surface area contributed by atoms with Crippen molar-refractivity contribution in [2.75, 3.05) is 23.7 Å². The second kappa shape index (κ2) is 3.15. The van der Waals surface area contributed by atoms with Crippen LogP contribution in [0.4, 0.5) is 15.8 Å². The van der Waals surface area contributed by atoms with E-state index in [1.807, 2.05) is 29.2 Å². The lowest BCUT2D eigenvalue weighted by atomic mass is 10.1. The van der Waals surface area contributed by atoms with Crippen molar-refractivity contribution in [2.24, 2.45) is 0 Å². The van der Waals surface area contributed by atoms with E-state index in [4.69, 9.17) is 5.73 Å². The van der Waals surface area contributed by atoms with Crippen molar-refractivity contribution in [1.29, 1.82) is 0 Å². The standard InChI is InChI=1S/C11H15FN2/c1-11(12)5-6-14(8-11)10-4-2-3-9(13)7-10/h2-4,7H,5-6,8,13H2,1H3. The van der Waals surface area contributed by atoms with Gasteiger partial charge in [0.25, 0.3) is 0 Å². The zero-order valence-electron chi connectivity index (χ0n) is 8.33. The molecule has 0 aromatic heterocycles. The third kappa shape index (κ3) is 1.81. The lowest BCUT2D eigenvalue weighted by Crippen LogP contribution is -2.25. The fourth-order valence-electron chi connectivity index (χ4n) is 1.87. The molecule has 0 saturated carbocycles. The molecule has 76 valence electrons. The number of hydrogen-bond acceptors (Lipinski definition) is 2. The molecule has 0 aliphatic carbocycles. The molecule has 1 unspecified atom stereocenters. The van der Waals surface area contributed by atoms with Crippen LogP contribution in [0.3, 0.4) is 0 Å². The van der Waals surface area contributed by atoms with Crippen molar-refractivity contribution >= 4 is 11.4 Å². The fraction of sp³-hybridized carbons (Fsp3) is 0.455. The summed E-state index contributed by atoms with van der Waals surface area (Å²) >= 11 is 0. The molecule has 1 aliphatic rings. The monoisotopic (exact) mass is 194 g/mol. The molecule has 1 atom stereocenters. The van der Waals surface area contributed by atoms with E-state index in [1.54, 1.807) is 6.92 Å². The number of anilines is 2. The van der Waals surface area contributed by atoms with Gasteiger partial charge in [-0.05, 0) is 25.1 Å². The minimum atomic E-state index is -1.05. The van der Waals surface area contributed by atoms with E-state index in [2.05, 4.69) is 0 Å². The Bertz CT molecular complexity index is 336. The number of hydrogen-bond donors (Lipinski definition) is 1. The molecule has 1 saturated heterocycles. The van der Waals surface area contributed by atoms with E-state index >= 15 is 0 Å². The van der Waals surface area contributed by atoms with Crippen molar-refractivity contribution in [2.45, 2.75) is 19.0 Å². The van der Waals surface area contributed by atoms with Crippen molar-refractivity contribution in [1.82, 2.24) is 0 Å². The molecule has 1 heterocycles. The van der Waals surface area contributed by atoms with E-state index in [-0.39, 0.29) is 0 Å². The summed E-state index contributed by atoms with van der Waals surface area (Å²) in [6.45, 7) is 2.90. The van der Waals surface area contributed by atoms with Gasteiger partial charge < -0.3 is 10.6 Å². The second-order valence-electron chi connectivity index (χ2n) is 4.18. The van der Waals surface area contributed by atoms with Gasteiger partial charge in [0, 0.05) is 24.3 Å². The second-order valence-corrected chi connectivity index (χ2v) is 4.18. The maximum Gasteiger partial charge on any atom is 0.127 e. The van der Waals surface area contributed by atoms with Gasteiger partial charge in [0.1, 0.15) is 5.67 Å². The van der Waals surface area contributed by atoms with Gasteiger partial charge in [0.05, 0.1) is 6.54 Å². The third-order valence-corrected chi connectivity index (χ3v) is 2.66. The van der Waals surface area contributed by atoms with Gasteiger partial charge >= 0.3 is 0 Å². The Hall–Kier alpha value is -1.25. The Morgan fingerprint density at radius 1 is 1.50 bits per heavy atom. The van der Waals surface area contributed by atoms with Crippen LogP contribution < -0.4 is 10.6 Å². The van der Waals surface area contributed by atoms with Gasteiger partial charge in [-0.1, -0.05) is 6.07 Å². The molecule has 1 aromatic rings. The zero-order valence-corrected chi connectivity index (χ0v) is 8.33. The maximum absolute atomic E-state index is 13.6. The van der Waals surface area contributed by atoms with Gasteiger partial charge in [-0.2, -0.15) is 0 Å². The lowest BCUT2D eigenvalue weighted by molar-refractivity contribution is 0.221. The van der Waals surface area contributed by atoms with Crippen LogP contribution in [0.5, 0.6) is 0 Å². The topological polar surface area (TPSA) is 29.3 Å². The summed E-state index contributed by atoms with van der Waals surface area (Å²) in [5.74, 6) is 0. The minimum absolute atomic E-state index is 0.469. The highest BCUT2D eigenvalue weighted by Gasteiger charge is 2.33. The number of halogens is 1. The zero-order chi connectivity index (χ0) is 10.2. The molecule has 2 nitrogen and oxygen atoms in total. The summed E-state index contributed by atoms with van der Waals surface area (Å²) in [7, 11) is 0. The average molecular weight is 194 g/mol. The smallest absolute Gasteiger partial charge is 0.127 e. The number of alkyl halides is 1. The normalized spacial score (nSPS) is 26.9. The van der Waals surface area contributed by atoms with E-state index in [9.17, 15) is 4.39 Å². The molecule has 2 rings (SSSR count). The molecule has 1 aliphatic heterocycles. The summed E-state index contributed by atoms with van der Waals surface area (Å²) < 4.78 is 13.6. The fourth-order valence-corrected chi connectivity index (χ4v) is 1.87. The molecule has 0 bridgehead atoms. The molecule has 1 aromatic carbocycles. The number of nitrogens with zero attached hydrogens (tertiary/aromatic N) is 1. The van der Waals surface area contributed by atoms with Gasteiger partial charge in [0.15, 0.2) is 0 Å². The molecule has 1 fully saturated rings. The first-order chi connectivity index (χ1) is 6.57. The highest BCUT2D eigenvalue weighted by molar-refractivity contribution is 5.56. The van der Waals surface area contributed by atoms with Crippen molar-refractivity contribution < 1.29 is 4.39 Å². The number of nitrogens with two attached hydrogens (primary N) is 1. The molecular weight excluding hydrogens is 179 g/mol. The SMILES string of the molecule is CC1(F)CCN(c2cccc(N)c2)C1. The predicted octanol–water partition coefficient (Wildman–Crippen LogP) is 2.21. The van der Waals surface area contributed by atoms with Crippen LogP contribution in [0.15, 0.2) is 24.3 Å². The highest BCUT2D eigenvalue weighted by Crippen LogP contribution is 2.29. The summed E-state index contributed by atoms with van der Waals surface area (Å²) in [5, 5.41) is 0. The van der Waals surface area contributed by atoms with Crippen LogP contribution in [0.1, 0.15) is 13.3 Å². The van der Waals surface area contributed by atoms with Crippen molar-refractivity contribution in [3.8, 4) is 0 Å².